The van der Waals surface area contributed by atoms with Crippen molar-refractivity contribution in [3.05, 3.63) is 0 Å². The minimum atomic E-state index is -0.524. The van der Waals surface area contributed by atoms with Crippen molar-refractivity contribution in [2.24, 2.45) is 0 Å². The molecule has 0 saturated carbocycles. The quantitative estimate of drug-likeness (QED) is 0.511. The average molecular weight is 198 g/mol. The first-order chi connectivity index (χ1) is 6.31. The van der Waals surface area contributed by atoms with Crippen molar-refractivity contribution in [3.8, 4) is 0 Å². The van der Waals surface area contributed by atoms with Crippen LogP contribution in [0.4, 0.5) is 4.79 Å². The van der Waals surface area contributed by atoms with E-state index < -0.39 is 11.7 Å². The van der Waals surface area contributed by atoms with Gasteiger partial charge in [-0.25, -0.2) is 9.80 Å². The summed E-state index contributed by atoms with van der Waals surface area (Å²) in [7, 11) is 1.57. The molecule has 0 aromatic rings. The van der Waals surface area contributed by atoms with Gasteiger partial charge in [-0.05, 0) is 20.8 Å². The summed E-state index contributed by atoms with van der Waals surface area (Å²) >= 11 is 0. The highest BCUT2D eigenvalue weighted by Gasteiger charge is 2.32. The first kappa shape index (κ1) is 10.9. The van der Waals surface area contributed by atoms with Gasteiger partial charge in [-0.15, -0.1) is 0 Å². The summed E-state index contributed by atoms with van der Waals surface area (Å²) < 4.78 is 5.13. The van der Waals surface area contributed by atoms with Gasteiger partial charge in [-0.2, -0.15) is 0 Å². The van der Waals surface area contributed by atoms with Crippen molar-refractivity contribution in [1.29, 1.82) is 0 Å². The lowest BCUT2D eigenvalue weighted by atomic mass is 10.2. The second-order valence-electron chi connectivity index (χ2n) is 4.27. The molecule has 0 unspecified atom stereocenters. The molecule has 1 aliphatic heterocycles. The first-order valence-electron chi connectivity index (χ1n) is 4.58. The van der Waals surface area contributed by atoms with E-state index in [1.54, 1.807) is 28.8 Å². The van der Waals surface area contributed by atoms with Crippen LogP contribution in [0, 0.1) is 0 Å². The molecular weight excluding hydrogens is 183 g/mol. The van der Waals surface area contributed by atoms with Crippen molar-refractivity contribution in [2.75, 3.05) is 6.54 Å². The normalized spacial score (nSPS) is 17.5. The number of hydrazine groups is 1. The minimum absolute atomic E-state index is 0.0594. The molecule has 0 radical (unpaired) electrons. The largest absolute Gasteiger partial charge is 0.442 e. The molecule has 0 N–H and O–H groups in total. The van der Waals surface area contributed by atoms with Crippen LogP contribution in [-0.2, 0) is 9.53 Å². The molecule has 1 aliphatic rings. The van der Waals surface area contributed by atoms with E-state index in [-0.39, 0.29) is 5.91 Å². The van der Waals surface area contributed by atoms with E-state index in [2.05, 4.69) is 0 Å². The number of hydrogen-bond donors (Lipinski definition) is 0. The van der Waals surface area contributed by atoms with Crippen LogP contribution in [0.25, 0.3) is 0 Å². The number of carbonyl (C=O) groups excluding carboxylic acids is 2. The molecule has 0 atom stereocenters. The Kier molecular flexibility index (Phi) is 2.73. The Bertz CT molecular complexity index is 262. The summed E-state index contributed by atoms with van der Waals surface area (Å²) in [5, 5.41) is 1.31. The van der Waals surface area contributed by atoms with Gasteiger partial charge in [0.2, 0.25) is 5.91 Å². The van der Waals surface area contributed by atoms with Crippen LogP contribution in [0.5, 0.6) is 0 Å². The molecule has 1 saturated heterocycles. The van der Waals surface area contributed by atoms with E-state index in [4.69, 9.17) is 4.74 Å². The van der Waals surface area contributed by atoms with E-state index in [1.165, 1.54) is 9.93 Å². The highest BCUT2D eigenvalue weighted by atomic mass is 16.6. The summed E-state index contributed by atoms with van der Waals surface area (Å²) in [4.78, 5) is 24.0. The van der Waals surface area contributed by atoms with Crippen molar-refractivity contribution in [1.82, 2.24) is 9.93 Å². The average Bonchev–Trinajstić information content (AvgIpc) is 2.29. The van der Waals surface area contributed by atoms with Gasteiger partial charge in [0, 0.05) is 6.42 Å². The Balaban J connectivity index is 2.58. The maximum atomic E-state index is 11.5. The lowest BCUT2D eigenvalue weighted by Gasteiger charge is -2.28. The summed E-state index contributed by atoms with van der Waals surface area (Å²) in [6.45, 7) is 5.79. The van der Waals surface area contributed by atoms with E-state index in [1.807, 2.05) is 0 Å². The number of carbonyl (C=O) groups is 2. The van der Waals surface area contributed by atoms with Crippen molar-refractivity contribution in [2.45, 2.75) is 32.8 Å². The molecule has 0 bridgehead atoms. The van der Waals surface area contributed by atoms with Crippen molar-refractivity contribution >= 4 is 20.0 Å². The van der Waals surface area contributed by atoms with E-state index in [0.717, 1.165) is 0 Å². The molecule has 1 fully saturated rings. The van der Waals surface area contributed by atoms with Crippen LogP contribution in [0.3, 0.4) is 0 Å². The Hall–Kier alpha value is -1.20. The third kappa shape index (κ3) is 2.40. The van der Waals surface area contributed by atoms with Crippen LogP contribution < -0.4 is 0 Å². The topological polar surface area (TPSA) is 49.9 Å². The third-order valence-corrected chi connectivity index (χ3v) is 1.86. The summed E-state index contributed by atoms with van der Waals surface area (Å²) in [5.41, 5.74) is -0.524. The zero-order valence-corrected chi connectivity index (χ0v) is 9.03. The van der Waals surface area contributed by atoms with Crippen LogP contribution in [-0.4, -0.2) is 42.1 Å². The summed E-state index contributed by atoms with van der Waals surface area (Å²) in [5.74, 6) is -0.0594. The fourth-order valence-corrected chi connectivity index (χ4v) is 1.18. The first-order valence-corrected chi connectivity index (χ1v) is 4.58. The van der Waals surface area contributed by atoms with Crippen LogP contribution >= 0.6 is 0 Å². The number of ether oxygens (including phenoxy) is 1. The molecule has 5 nitrogen and oxygen atoms in total. The molecule has 0 aliphatic carbocycles. The number of hydrogen-bond acceptors (Lipinski definition) is 3. The monoisotopic (exact) mass is 198 g/mol. The highest BCUT2D eigenvalue weighted by Crippen LogP contribution is 2.15. The standard InChI is InChI=1S/C8H15BN2O3/c1-8(2,3)14-7(13)10-5-4-6(12)11(10)9/h4-5,9H2,1-3H3. The minimum Gasteiger partial charge on any atom is -0.442 e. The second-order valence-corrected chi connectivity index (χ2v) is 4.27. The molecule has 0 spiro atoms. The summed E-state index contributed by atoms with van der Waals surface area (Å²) in [6.07, 6.45) is -0.0960. The van der Waals surface area contributed by atoms with Gasteiger partial charge in [0.1, 0.15) is 5.60 Å². The van der Waals surface area contributed by atoms with Gasteiger partial charge in [-0.1, -0.05) is 0 Å². The zero-order valence-electron chi connectivity index (χ0n) is 9.03. The molecular formula is C8H15BN2O3. The predicted octanol–water partition coefficient (Wildman–Crippen LogP) is -0.0811. The fraction of sp³-hybridized carbons (Fsp3) is 0.750. The van der Waals surface area contributed by atoms with Crippen molar-refractivity contribution in [3.63, 3.8) is 0 Å². The Morgan fingerprint density at radius 3 is 2.43 bits per heavy atom. The molecule has 1 heterocycles. The SMILES string of the molecule is BN1C(=O)CCN1C(=O)OC(C)(C)C. The molecule has 2 amide bonds. The van der Waals surface area contributed by atoms with Gasteiger partial charge in [0.15, 0.2) is 0 Å². The van der Waals surface area contributed by atoms with Gasteiger partial charge >= 0.3 is 6.09 Å². The molecule has 1 rings (SSSR count). The zero-order chi connectivity index (χ0) is 10.9. The fourth-order valence-electron chi connectivity index (χ4n) is 1.18. The van der Waals surface area contributed by atoms with Gasteiger partial charge < -0.3 is 9.66 Å². The van der Waals surface area contributed by atoms with Crippen molar-refractivity contribution < 1.29 is 14.3 Å². The molecule has 0 aromatic heterocycles. The lowest BCUT2D eigenvalue weighted by Crippen LogP contribution is -2.44. The van der Waals surface area contributed by atoms with E-state index in [0.29, 0.717) is 13.0 Å². The number of rotatable bonds is 0. The van der Waals surface area contributed by atoms with Gasteiger partial charge in [0.05, 0.1) is 6.54 Å². The maximum Gasteiger partial charge on any atom is 0.428 e. The van der Waals surface area contributed by atoms with Crippen LogP contribution in [0.15, 0.2) is 0 Å². The predicted molar refractivity (Wildman–Crippen MR) is 52.9 cm³/mol. The number of nitrogens with zero attached hydrogens (tertiary/aromatic N) is 2. The van der Waals surface area contributed by atoms with Gasteiger partial charge in [-0.3, -0.25) is 4.79 Å². The highest BCUT2D eigenvalue weighted by molar-refractivity contribution is 6.15. The van der Waals surface area contributed by atoms with E-state index >= 15 is 0 Å². The molecule has 78 valence electrons. The van der Waals surface area contributed by atoms with E-state index in [9.17, 15) is 9.59 Å². The smallest absolute Gasteiger partial charge is 0.428 e. The maximum absolute atomic E-state index is 11.5. The second kappa shape index (κ2) is 3.51. The van der Waals surface area contributed by atoms with Crippen LogP contribution in [0.1, 0.15) is 27.2 Å². The summed E-state index contributed by atoms with van der Waals surface area (Å²) in [6, 6.07) is 0. The van der Waals surface area contributed by atoms with Crippen LogP contribution in [0.2, 0.25) is 0 Å². The molecule has 6 heteroatoms. The Morgan fingerprint density at radius 1 is 1.50 bits per heavy atom. The molecule has 0 aromatic carbocycles. The Labute approximate surface area is 84.4 Å². The Morgan fingerprint density at radius 2 is 2.07 bits per heavy atom. The third-order valence-electron chi connectivity index (χ3n) is 1.86. The van der Waals surface area contributed by atoms with Gasteiger partial charge in [0.25, 0.3) is 7.98 Å². The lowest BCUT2D eigenvalue weighted by molar-refractivity contribution is -0.129. The number of amides is 2. The molecule has 14 heavy (non-hydrogen) atoms.